The van der Waals surface area contributed by atoms with E-state index >= 15 is 0 Å². The van der Waals surface area contributed by atoms with Gasteiger partial charge in [-0.15, -0.1) is 11.3 Å². The Morgan fingerprint density at radius 3 is 2.25 bits per heavy atom. The Labute approximate surface area is 175 Å². The average molecular weight is 426 g/mol. The molecule has 0 bridgehead atoms. The fraction of sp³-hybridized carbons (Fsp3) is 0. The first-order chi connectivity index (χ1) is 13.6. The van der Waals surface area contributed by atoms with Gasteiger partial charge < -0.3 is 0 Å². The van der Waals surface area contributed by atoms with Gasteiger partial charge in [0.05, 0.1) is 10.7 Å². The van der Waals surface area contributed by atoms with E-state index in [2.05, 4.69) is 39.6 Å². The fourth-order valence-corrected chi connectivity index (χ4v) is 3.71. The van der Waals surface area contributed by atoms with Crippen molar-refractivity contribution in [2.45, 2.75) is 0 Å². The number of anilines is 1. The molecule has 0 saturated carbocycles. The molecule has 2 heterocycles. The summed E-state index contributed by atoms with van der Waals surface area (Å²) in [5.74, 6) is -0.451. The maximum atomic E-state index is 12.4. The lowest BCUT2D eigenvalue weighted by molar-refractivity contribution is 0.102. The first kappa shape index (κ1) is 18.6. The SMILES string of the molecule is O=C(Nc1nc(-c2ccc(-c3ccccc3)cc2)cs1)c1nc(Cl)ccc1Cl. The third-order valence-corrected chi connectivity index (χ3v) is 5.31. The zero-order valence-electron chi connectivity index (χ0n) is 14.4. The second-order valence-corrected chi connectivity index (χ2v) is 7.55. The summed E-state index contributed by atoms with van der Waals surface area (Å²) in [5, 5.41) is 5.50. The molecule has 0 atom stereocenters. The predicted octanol–water partition coefficient (Wildman–Crippen LogP) is 6.43. The number of carbonyl (C=O) groups excluding carboxylic acids is 1. The van der Waals surface area contributed by atoms with Crippen LogP contribution in [0.25, 0.3) is 22.4 Å². The lowest BCUT2D eigenvalue weighted by Gasteiger charge is -2.04. The molecule has 4 nitrogen and oxygen atoms in total. The zero-order chi connectivity index (χ0) is 19.5. The Balaban J connectivity index is 1.51. The molecule has 0 radical (unpaired) electrons. The van der Waals surface area contributed by atoms with E-state index in [1.54, 1.807) is 0 Å². The molecular formula is C21H13Cl2N3OS. The Kier molecular flexibility index (Phi) is 5.39. The number of hydrogen-bond acceptors (Lipinski definition) is 4. The maximum Gasteiger partial charge on any atom is 0.277 e. The van der Waals surface area contributed by atoms with Gasteiger partial charge in [0.1, 0.15) is 10.8 Å². The van der Waals surface area contributed by atoms with Crippen LogP contribution in [-0.2, 0) is 0 Å². The molecule has 0 aliphatic rings. The molecule has 1 amide bonds. The van der Waals surface area contributed by atoms with E-state index in [-0.39, 0.29) is 15.9 Å². The van der Waals surface area contributed by atoms with Gasteiger partial charge >= 0.3 is 0 Å². The summed E-state index contributed by atoms with van der Waals surface area (Å²) >= 11 is 13.2. The molecule has 1 N–H and O–H groups in total. The molecule has 0 saturated heterocycles. The standard InChI is InChI=1S/C21H13Cl2N3OS/c22-16-10-11-18(23)25-19(16)20(27)26-21-24-17(12-28-21)15-8-6-14(7-9-15)13-4-2-1-3-5-13/h1-12H,(H,24,26,27). The van der Waals surface area contributed by atoms with Gasteiger partial charge in [0.15, 0.2) is 5.13 Å². The van der Waals surface area contributed by atoms with Crippen molar-refractivity contribution in [3.8, 4) is 22.4 Å². The van der Waals surface area contributed by atoms with Crippen LogP contribution >= 0.6 is 34.5 Å². The minimum Gasteiger partial charge on any atom is -0.296 e. The molecule has 28 heavy (non-hydrogen) atoms. The molecule has 4 rings (SSSR count). The maximum absolute atomic E-state index is 12.4. The fourth-order valence-electron chi connectivity index (χ4n) is 2.66. The molecular weight excluding hydrogens is 413 g/mol. The molecule has 2 aromatic heterocycles. The Morgan fingerprint density at radius 2 is 1.50 bits per heavy atom. The molecule has 138 valence electrons. The Morgan fingerprint density at radius 1 is 0.821 bits per heavy atom. The number of rotatable bonds is 4. The highest BCUT2D eigenvalue weighted by Gasteiger charge is 2.15. The number of nitrogens with zero attached hydrogens (tertiary/aromatic N) is 2. The molecule has 0 aliphatic carbocycles. The van der Waals surface area contributed by atoms with Crippen molar-refractivity contribution in [3.63, 3.8) is 0 Å². The number of nitrogens with one attached hydrogen (secondary N) is 1. The van der Waals surface area contributed by atoms with Crippen molar-refractivity contribution >= 4 is 45.6 Å². The van der Waals surface area contributed by atoms with Crippen LogP contribution < -0.4 is 5.32 Å². The van der Waals surface area contributed by atoms with E-state index in [0.29, 0.717) is 5.13 Å². The second kappa shape index (κ2) is 8.10. The van der Waals surface area contributed by atoms with Crippen molar-refractivity contribution in [1.82, 2.24) is 9.97 Å². The number of amides is 1. The first-order valence-corrected chi connectivity index (χ1v) is 9.98. The lowest BCUT2D eigenvalue weighted by atomic mass is 10.0. The summed E-state index contributed by atoms with van der Waals surface area (Å²) < 4.78 is 0. The van der Waals surface area contributed by atoms with Crippen molar-refractivity contribution in [1.29, 1.82) is 0 Å². The number of benzene rings is 2. The van der Waals surface area contributed by atoms with Crippen LogP contribution in [0.4, 0.5) is 5.13 Å². The van der Waals surface area contributed by atoms with Gasteiger partial charge in [0.2, 0.25) is 0 Å². The Hall–Kier alpha value is -2.73. The van der Waals surface area contributed by atoms with Crippen LogP contribution in [-0.4, -0.2) is 15.9 Å². The van der Waals surface area contributed by atoms with E-state index < -0.39 is 5.91 Å². The number of halogens is 2. The molecule has 2 aromatic carbocycles. The number of thiazole rings is 1. The minimum absolute atomic E-state index is 0.0677. The van der Waals surface area contributed by atoms with Crippen LogP contribution in [0.1, 0.15) is 10.5 Å². The number of hydrogen-bond donors (Lipinski definition) is 1. The van der Waals surface area contributed by atoms with Crippen LogP contribution in [0.15, 0.2) is 72.1 Å². The average Bonchev–Trinajstić information content (AvgIpc) is 3.19. The second-order valence-electron chi connectivity index (χ2n) is 5.90. The van der Waals surface area contributed by atoms with E-state index in [1.807, 2.05) is 35.7 Å². The van der Waals surface area contributed by atoms with Crippen LogP contribution in [0.3, 0.4) is 0 Å². The molecule has 7 heteroatoms. The summed E-state index contributed by atoms with van der Waals surface area (Å²) in [6.07, 6.45) is 0. The third kappa shape index (κ3) is 4.07. The number of aromatic nitrogens is 2. The van der Waals surface area contributed by atoms with E-state index in [0.717, 1.165) is 22.4 Å². The summed E-state index contributed by atoms with van der Waals surface area (Å²) in [4.78, 5) is 20.8. The molecule has 4 aromatic rings. The Bertz CT molecular complexity index is 1130. The minimum atomic E-state index is -0.451. The smallest absolute Gasteiger partial charge is 0.277 e. The lowest BCUT2D eigenvalue weighted by Crippen LogP contribution is -2.14. The van der Waals surface area contributed by atoms with Crippen LogP contribution in [0, 0.1) is 0 Å². The number of pyridine rings is 1. The molecule has 0 aliphatic heterocycles. The summed E-state index contributed by atoms with van der Waals surface area (Å²) in [6.45, 7) is 0. The highest BCUT2D eigenvalue weighted by molar-refractivity contribution is 7.14. The van der Waals surface area contributed by atoms with Gasteiger partial charge in [-0.1, -0.05) is 77.8 Å². The van der Waals surface area contributed by atoms with E-state index in [1.165, 1.54) is 23.5 Å². The molecule has 0 spiro atoms. The first-order valence-electron chi connectivity index (χ1n) is 8.35. The van der Waals surface area contributed by atoms with Gasteiger partial charge in [-0.05, 0) is 23.3 Å². The quantitative estimate of drug-likeness (QED) is 0.383. The highest BCUT2D eigenvalue weighted by atomic mass is 35.5. The summed E-state index contributed by atoms with van der Waals surface area (Å²) in [6, 6.07) is 21.4. The predicted molar refractivity (Wildman–Crippen MR) is 115 cm³/mol. The van der Waals surface area contributed by atoms with Gasteiger partial charge in [0.25, 0.3) is 5.91 Å². The highest BCUT2D eigenvalue weighted by Crippen LogP contribution is 2.28. The molecule has 0 unspecified atom stereocenters. The van der Waals surface area contributed by atoms with Gasteiger partial charge in [0, 0.05) is 10.9 Å². The van der Waals surface area contributed by atoms with Crippen molar-refractivity contribution in [3.05, 3.63) is 88.0 Å². The normalized spacial score (nSPS) is 10.6. The monoisotopic (exact) mass is 425 g/mol. The van der Waals surface area contributed by atoms with Crippen LogP contribution in [0.5, 0.6) is 0 Å². The van der Waals surface area contributed by atoms with Crippen molar-refractivity contribution in [2.75, 3.05) is 5.32 Å². The van der Waals surface area contributed by atoms with Gasteiger partial charge in [-0.2, -0.15) is 0 Å². The number of carbonyl (C=O) groups is 1. The zero-order valence-corrected chi connectivity index (χ0v) is 16.7. The van der Waals surface area contributed by atoms with E-state index in [9.17, 15) is 4.79 Å². The van der Waals surface area contributed by atoms with Gasteiger partial charge in [-0.3, -0.25) is 10.1 Å². The van der Waals surface area contributed by atoms with Gasteiger partial charge in [-0.25, -0.2) is 9.97 Å². The third-order valence-electron chi connectivity index (χ3n) is 4.04. The van der Waals surface area contributed by atoms with Crippen molar-refractivity contribution < 1.29 is 4.79 Å². The van der Waals surface area contributed by atoms with Crippen molar-refractivity contribution in [2.24, 2.45) is 0 Å². The van der Waals surface area contributed by atoms with E-state index in [4.69, 9.17) is 23.2 Å². The summed E-state index contributed by atoms with van der Waals surface area (Å²) in [7, 11) is 0. The van der Waals surface area contributed by atoms with Crippen LogP contribution in [0.2, 0.25) is 10.2 Å². The molecule has 0 fully saturated rings. The topological polar surface area (TPSA) is 54.9 Å². The largest absolute Gasteiger partial charge is 0.296 e. The summed E-state index contributed by atoms with van der Waals surface area (Å²) in [5.41, 5.74) is 4.11.